The summed E-state index contributed by atoms with van der Waals surface area (Å²) in [7, 11) is 0. The SMILES string of the molecule is CCN(CCCNC(=O)c1ccc(C)cc1C)c1ccc(C)cc1. The van der Waals surface area contributed by atoms with Crippen LogP contribution in [-0.4, -0.2) is 25.5 Å². The monoisotopic (exact) mass is 324 g/mol. The summed E-state index contributed by atoms with van der Waals surface area (Å²) in [6.45, 7) is 10.9. The van der Waals surface area contributed by atoms with Crippen molar-refractivity contribution < 1.29 is 4.79 Å². The third-order valence-electron chi connectivity index (χ3n) is 4.30. The molecule has 0 aliphatic heterocycles. The van der Waals surface area contributed by atoms with Crippen molar-refractivity contribution in [2.45, 2.75) is 34.1 Å². The molecule has 3 nitrogen and oxygen atoms in total. The number of benzene rings is 2. The van der Waals surface area contributed by atoms with E-state index in [0.29, 0.717) is 6.54 Å². The molecule has 0 unspecified atom stereocenters. The number of hydrogen-bond donors (Lipinski definition) is 1. The minimum atomic E-state index is 0.0193. The molecule has 1 N–H and O–H groups in total. The zero-order valence-electron chi connectivity index (χ0n) is 15.2. The average Bonchev–Trinajstić information content (AvgIpc) is 2.56. The van der Waals surface area contributed by atoms with Gasteiger partial charge in [0.25, 0.3) is 5.91 Å². The molecule has 2 rings (SSSR count). The van der Waals surface area contributed by atoms with Crippen LogP contribution >= 0.6 is 0 Å². The molecule has 128 valence electrons. The molecule has 0 radical (unpaired) electrons. The van der Waals surface area contributed by atoms with Crippen molar-refractivity contribution in [3.63, 3.8) is 0 Å². The van der Waals surface area contributed by atoms with Gasteiger partial charge >= 0.3 is 0 Å². The summed E-state index contributed by atoms with van der Waals surface area (Å²) < 4.78 is 0. The molecule has 0 aliphatic rings. The lowest BCUT2D eigenvalue weighted by Crippen LogP contribution is -2.30. The molecule has 0 saturated carbocycles. The average molecular weight is 324 g/mol. The van der Waals surface area contributed by atoms with Crippen molar-refractivity contribution in [3.05, 3.63) is 64.7 Å². The lowest BCUT2D eigenvalue weighted by atomic mass is 10.1. The number of carbonyl (C=O) groups excluding carboxylic acids is 1. The molecule has 24 heavy (non-hydrogen) atoms. The van der Waals surface area contributed by atoms with E-state index in [9.17, 15) is 4.79 Å². The molecule has 0 aromatic heterocycles. The first kappa shape index (κ1) is 18.1. The molecule has 0 bridgehead atoms. The first-order valence-corrected chi connectivity index (χ1v) is 8.68. The predicted octanol–water partition coefficient (Wildman–Crippen LogP) is 4.26. The van der Waals surface area contributed by atoms with Crippen molar-refractivity contribution in [2.24, 2.45) is 0 Å². The standard InChI is InChI=1S/C21H28N2O/c1-5-23(19-10-7-16(2)8-11-19)14-6-13-22-21(24)20-12-9-17(3)15-18(20)4/h7-12,15H,5-6,13-14H2,1-4H3,(H,22,24). The van der Waals surface area contributed by atoms with Crippen LogP contribution in [0.3, 0.4) is 0 Å². The first-order chi connectivity index (χ1) is 11.5. The van der Waals surface area contributed by atoms with E-state index in [1.54, 1.807) is 0 Å². The minimum Gasteiger partial charge on any atom is -0.372 e. The van der Waals surface area contributed by atoms with Gasteiger partial charge in [-0.2, -0.15) is 0 Å². The van der Waals surface area contributed by atoms with Gasteiger partial charge in [-0.25, -0.2) is 0 Å². The maximum Gasteiger partial charge on any atom is 0.251 e. The maximum absolute atomic E-state index is 12.3. The molecular weight excluding hydrogens is 296 g/mol. The fourth-order valence-corrected chi connectivity index (χ4v) is 2.86. The number of nitrogens with zero attached hydrogens (tertiary/aromatic N) is 1. The minimum absolute atomic E-state index is 0.0193. The van der Waals surface area contributed by atoms with E-state index in [-0.39, 0.29) is 5.91 Å². The predicted molar refractivity (Wildman–Crippen MR) is 102 cm³/mol. The van der Waals surface area contributed by atoms with Crippen LogP contribution in [-0.2, 0) is 0 Å². The lowest BCUT2D eigenvalue weighted by molar-refractivity contribution is 0.0953. The molecule has 2 aromatic rings. The van der Waals surface area contributed by atoms with Crippen LogP contribution in [0.1, 0.15) is 40.4 Å². The van der Waals surface area contributed by atoms with Gasteiger partial charge in [-0.15, -0.1) is 0 Å². The molecular formula is C21H28N2O. The number of anilines is 1. The largest absolute Gasteiger partial charge is 0.372 e. The van der Waals surface area contributed by atoms with Gasteiger partial charge in [0.2, 0.25) is 0 Å². The van der Waals surface area contributed by atoms with Gasteiger partial charge in [-0.3, -0.25) is 4.79 Å². The highest BCUT2D eigenvalue weighted by Crippen LogP contribution is 2.15. The Morgan fingerprint density at radius 2 is 1.67 bits per heavy atom. The molecule has 0 spiro atoms. The number of rotatable bonds is 7. The second-order valence-electron chi connectivity index (χ2n) is 6.34. The fourth-order valence-electron chi connectivity index (χ4n) is 2.86. The summed E-state index contributed by atoms with van der Waals surface area (Å²) in [6, 6.07) is 14.5. The van der Waals surface area contributed by atoms with Crippen molar-refractivity contribution in [1.29, 1.82) is 0 Å². The van der Waals surface area contributed by atoms with Crippen molar-refractivity contribution >= 4 is 11.6 Å². The van der Waals surface area contributed by atoms with E-state index in [0.717, 1.165) is 30.6 Å². The van der Waals surface area contributed by atoms with E-state index >= 15 is 0 Å². The van der Waals surface area contributed by atoms with Gasteiger partial charge in [0.05, 0.1) is 0 Å². The number of hydrogen-bond acceptors (Lipinski definition) is 2. The normalized spacial score (nSPS) is 10.5. The van der Waals surface area contributed by atoms with Gasteiger partial charge < -0.3 is 10.2 Å². The Bertz CT molecular complexity index is 677. The van der Waals surface area contributed by atoms with E-state index < -0.39 is 0 Å². The van der Waals surface area contributed by atoms with E-state index in [4.69, 9.17) is 0 Å². The maximum atomic E-state index is 12.3. The molecule has 0 saturated heterocycles. The highest BCUT2D eigenvalue weighted by atomic mass is 16.1. The van der Waals surface area contributed by atoms with Crippen molar-refractivity contribution in [1.82, 2.24) is 5.32 Å². The fraction of sp³-hybridized carbons (Fsp3) is 0.381. The Labute approximate surface area is 145 Å². The second kappa shape index (κ2) is 8.53. The van der Waals surface area contributed by atoms with Crippen LogP contribution < -0.4 is 10.2 Å². The Balaban J connectivity index is 1.82. The van der Waals surface area contributed by atoms with Crippen LogP contribution in [0.4, 0.5) is 5.69 Å². The van der Waals surface area contributed by atoms with Crippen LogP contribution in [0.15, 0.2) is 42.5 Å². The van der Waals surface area contributed by atoms with Crippen LogP contribution in [0.25, 0.3) is 0 Å². The highest BCUT2D eigenvalue weighted by Gasteiger charge is 2.09. The zero-order chi connectivity index (χ0) is 17.5. The Morgan fingerprint density at radius 1 is 1.00 bits per heavy atom. The quantitative estimate of drug-likeness (QED) is 0.772. The molecule has 0 heterocycles. The van der Waals surface area contributed by atoms with Gasteiger partial charge in [0, 0.05) is 30.9 Å². The number of carbonyl (C=O) groups is 1. The summed E-state index contributed by atoms with van der Waals surface area (Å²) >= 11 is 0. The molecule has 3 heteroatoms. The van der Waals surface area contributed by atoms with Crippen LogP contribution in [0.5, 0.6) is 0 Å². The van der Waals surface area contributed by atoms with E-state index in [1.165, 1.54) is 16.8 Å². The molecule has 0 aliphatic carbocycles. The third kappa shape index (κ3) is 4.85. The Kier molecular flexibility index (Phi) is 6.42. The Morgan fingerprint density at radius 3 is 2.29 bits per heavy atom. The summed E-state index contributed by atoms with van der Waals surface area (Å²) in [5.41, 5.74) is 5.49. The van der Waals surface area contributed by atoms with Crippen molar-refractivity contribution in [3.8, 4) is 0 Å². The summed E-state index contributed by atoms with van der Waals surface area (Å²) in [5, 5.41) is 3.03. The van der Waals surface area contributed by atoms with Crippen LogP contribution in [0.2, 0.25) is 0 Å². The zero-order valence-corrected chi connectivity index (χ0v) is 15.2. The molecule has 0 fully saturated rings. The molecule has 0 atom stereocenters. The van der Waals surface area contributed by atoms with E-state index in [1.807, 2.05) is 32.0 Å². The molecule has 1 amide bonds. The first-order valence-electron chi connectivity index (χ1n) is 8.68. The number of nitrogens with one attached hydrogen (secondary N) is 1. The van der Waals surface area contributed by atoms with E-state index in [2.05, 4.69) is 48.3 Å². The number of amides is 1. The number of aryl methyl sites for hydroxylation is 3. The van der Waals surface area contributed by atoms with Crippen molar-refractivity contribution in [2.75, 3.05) is 24.5 Å². The van der Waals surface area contributed by atoms with Gasteiger partial charge in [0.1, 0.15) is 0 Å². The third-order valence-corrected chi connectivity index (χ3v) is 4.30. The topological polar surface area (TPSA) is 32.3 Å². The summed E-state index contributed by atoms with van der Waals surface area (Å²) in [4.78, 5) is 14.6. The van der Waals surface area contributed by atoms with Gasteiger partial charge in [-0.1, -0.05) is 35.4 Å². The summed E-state index contributed by atoms with van der Waals surface area (Å²) in [6.07, 6.45) is 0.929. The smallest absolute Gasteiger partial charge is 0.251 e. The lowest BCUT2D eigenvalue weighted by Gasteiger charge is -2.23. The summed E-state index contributed by atoms with van der Waals surface area (Å²) in [5.74, 6) is 0.0193. The second-order valence-corrected chi connectivity index (χ2v) is 6.34. The Hall–Kier alpha value is -2.29. The van der Waals surface area contributed by atoms with Crippen LogP contribution in [0, 0.1) is 20.8 Å². The molecule has 2 aromatic carbocycles. The van der Waals surface area contributed by atoms with Gasteiger partial charge in [0.15, 0.2) is 0 Å². The van der Waals surface area contributed by atoms with Gasteiger partial charge in [-0.05, 0) is 57.9 Å². The highest BCUT2D eigenvalue weighted by molar-refractivity contribution is 5.95.